The normalized spacial score (nSPS) is 11.3. The number of aryl methyl sites for hydroxylation is 3. The number of anilines is 1. The number of nitrogen functional groups attached to an aromatic ring is 1. The van der Waals surface area contributed by atoms with E-state index in [2.05, 4.69) is 15.1 Å². The Bertz CT molecular complexity index is 752. The van der Waals surface area contributed by atoms with Crippen LogP contribution in [-0.4, -0.2) is 24.3 Å². The van der Waals surface area contributed by atoms with E-state index in [1.807, 2.05) is 42.4 Å². The Morgan fingerprint density at radius 2 is 2.11 bits per heavy atom. The lowest BCUT2D eigenvalue weighted by Crippen LogP contribution is -2.09. The zero-order valence-electron chi connectivity index (χ0n) is 11.3. The minimum absolute atomic E-state index is 0.516. The number of nitrogens with zero attached hydrogens (tertiary/aromatic N) is 5. The first-order chi connectivity index (χ1) is 9.08. The van der Waals surface area contributed by atoms with Gasteiger partial charge in [0.2, 0.25) is 5.95 Å². The van der Waals surface area contributed by atoms with E-state index in [0.29, 0.717) is 12.5 Å². The number of imidazole rings is 1. The largest absolute Gasteiger partial charge is 0.369 e. The van der Waals surface area contributed by atoms with Crippen LogP contribution in [0.3, 0.4) is 0 Å². The summed E-state index contributed by atoms with van der Waals surface area (Å²) in [6, 6.07) is 2.00. The summed E-state index contributed by atoms with van der Waals surface area (Å²) >= 11 is 0. The van der Waals surface area contributed by atoms with Crippen LogP contribution in [0.15, 0.2) is 18.5 Å². The molecule has 0 atom stereocenters. The third kappa shape index (κ3) is 1.76. The van der Waals surface area contributed by atoms with Crippen LogP contribution in [0.4, 0.5) is 5.95 Å². The van der Waals surface area contributed by atoms with Gasteiger partial charge in [-0.3, -0.25) is 14.2 Å². The SMILES string of the molecule is Cc1cnccc1Cn1c(N)nc2c(C)nn(C)c21. The van der Waals surface area contributed by atoms with Gasteiger partial charge < -0.3 is 5.73 Å². The Morgan fingerprint density at radius 3 is 2.84 bits per heavy atom. The van der Waals surface area contributed by atoms with Crippen LogP contribution in [0.2, 0.25) is 0 Å². The Hall–Kier alpha value is -2.37. The third-order valence-corrected chi connectivity index (χ3v) is 3.38. The zero-order chi connectivity index (χ0) is 13.6. The molecule has 0 aliphatic rings. The smallest absolute Gasteiger partial charge is 0.202 e. The number of hydrogen-bond acceptors (Lipinski definition) is 4. The maximum atomic E-state index is 6.03. The molecule has 6 heteroatoms. The lowest BCUT2D eigenvalue weighted by Gasteiger charge is -2.09. The van der Waals surface area contributed by atoms with Crippen molar-refractivity contribution in [3.63, 3.8) is 0 Å². The van der Waals surface area contributed by atoms with Gasteiger partial charge in [-0.05, 0) is 31.0 Å². The molecule has 3 rings (SSSR count). The number of aromatic nitrogens is 5. The number of nitrogens with two attached hydrogens (primary N) is 1. The van der Waals surface area contributed by atoms with Crippen molar-refractivity contribution in [1.29, 1.82) is 0 Å². The van der Waals surface area contributed by atoms with Gasteiger partial charge in [-0.25, -0.2) is 4.98 Å². The van der Waals surface area contributed by atoms with E-state index in [4.69, 9.17) is 5.73 Å². The van der Waals surface area contributed by atoms with E-state index in [9.17, 15) is 0 Å². The number of hydrogen-bond donors (Lipinski definition) is 1. The average Bonchev–Trinajstić information content (AvgIpc) is 2.82. The number of pyridine rings is 1. The molecular weight excluding hydrogens is 240 g/mol. The Kier molecular flexibility index (Phi) is 2.51. The molecule has 0 saturated heterocycles. The fraction of sp³-hybridized carbons (Fsp3) is 0.308. The lowest BCUT2D eigenvalue weighted by molar-refractivity contribution is 0.724. The molecule has 0 spiro atoms. The van der Waals surface area contributed by atoms with Crippen molar-refractivity contribution in [2.24, 2.45) is 7.05 Å². The Labute approximate surface area is 110 Å². The molecule has 3 aromatic rings. The molecule has 19 heavy (non-hydrogen) atoms. The minimum Gasteiger partial charge on any atom is -0.369 e. The van der Waals surface area contributed by atoms with Crippen LogP contribution in [0.5, 0.6) is 0 Å². The molecule has 2 N–H and O–H groups in total. The highest BCUT2D eigenvalue weighted by atomic mass is 15.3. The molecule has 0 bridgehead atoms. The standard InChI is InChI=1S/C13H16N6/c1-8-6-15-5-4-10(8)7-19-12-11(16-13(19)14)9(2)17-18(12)3/h4-6H,7H2,1-3H3,(H2,14,16). The quantitative estimate of drug-likeness (QED) is 0.752. The molecular formula is C13H16N6. The highest BCUT2D eigenvalue weighted by Crippen LogP contribution is 2.22. The van der Waals surface area contributed by atoms with E-state index in [1.165, 1.54) is 5.56 Å². The first kappa shape index (κ1) is 11.7. The van der Waals surface area contributed by atoms with Gasteiger partial charge in [0.1, 0.15) is 5.52 Å². The molecule has 0 aromatic carbocycles. The predicted octanol–water partition coefficient (Wildman–Crippen LogP) is 1.41. The second kappa shape index (κ2) is 4.08. The zero-order valence-corrected chi connectivity index (χ0v) is 11.3. The van der Waals surface area contributed by atoms with Crippen LogP contribution >= 0.6 is 0 Å². The number of rotatable bonds is 2. The maximum Gasteiger partial charge on any atom is 0.202 e. The highest BCUT2D eigenvalue weighted by molar-refractivity contribution is 5.77. The van der Waals surface area contributed by atoms with Crippen molar-refractivity contribution in [2.75, 3.05) is 5.73 Å². The summed E-state index contributed by atoms with van der Waals surface area (Å²) in [7, 11) is 1.91. The monoisotopic (exact) mass is 256 g/mol. The van der Waals surface area contributed by atoms with Gasteiger partial charge in [0.25, 0.3) is 0 Å². The van der Waals surface area contributed by atoms with E-state index < -0.39 is 0 Å². The predicted molar refractivity (Wildman–Crippen MR) is 73.7 cm³/mol. The molecule has 0 saturated carbocycles. The van der Waals surface area contributed by atoms with Crippen molar-refractivity contribution in [3.05, 3.63) is 35.3 Å². The molecule has 0 amide bonds. The summed E-state index contributed by atoms with van der Waals surface area (Å²) in [6.07, 6.45) is 3.65. The molecule has 0 radical (unpaired) electrons. The van der Waals surface area contributed by atoms with Crippen molar-refractivity contribution in [1.82, 2.24) is 24.3 Å². The van der Waals surface area contributed by atoms with Gasteiger partial charge in [-0.1, -0.05) is 0 Å². The van der Waals surface area contributed by atoms with Gasteiger partial charge in [0.15, 0.2) is 5.65 Å². The van der Waals surface area contributed by atoms with Crippen molar-refractivity contribution in [3.8, 4) is 0 Å². The summed E-state index contributed by atoms with van der Waals surface area (Å²) in [5, 5.41) is 4.38. The summed E-state index contributed by atoms with van der Waals surface area (Å²) in [6.45, 7) is 4.66. The Balaban J connectivity index is 2.15. The summed E-state index contributed by atoms with van der Waals surface area (Å²) in [5.41, 5.74) is 11.1. The molecule has 3 aromatic heterocycles. The van der Waals surface area contributed by atoms with E-state index >= 15 is 0 Å². The summed E-state index contributed by atoms with van der Waals surface area (Å²) in [4.78, 5) is 8.51. The van der Waals surface area contributed by atoms with Crippen LogP contribution in [0, 0.1) is 13.8 Å². The lowest BCUT2D eigenvalue weighted by atomic mass is 10.1. The molecule has 0 aliphatic carbocycles. The summed E-state index contributed by atoms with van der Waals surface area (Å²) < 4.78 is 3.81. The molecule has 3 heterocycles. The van der Waals surface area contributed by atoms with Gasteiger partial charge in [0, 0.05) is 19.4 Å². The van der Waals surface area contributed by atoms with E-state index in [0.717, 1.165) is 22.4 Å². The van der Waals surface area contributed by atoms with Crippen LogP contribution < -0.4 is 5.73 Å². The average molecular weight is 256 g/mol. The maximum absolute atomic E-state index is 6.03. The molecule has 0 fully saturated rings. The summed E-state index contributed by atoms with van der Waals surface area (Å²) in [5.74, 6) is 0.516. The van der Waals surface area contributed by atoms with Crippen molar-refractivity contribution < 1.29 is 0 Å². The topological polar surface area (TPSA) is 74.6 Å². The second-order valence-corrected chi connectivity index (χ2v) is 4.74. The van der Waals surface area contributed by atoms with Gasteiger partial charge in [-0.2, -0.15) is 5.10 Å². The first-order valence-electron chi connectivity index (χ1n) is 6.12. The van der Waals surface area contributed by atoms with E-state index in [-0.39, 0.29) is 0 Å². The van der Waals surface area contributed by atoms with Gasteiger partial charge in [0.05, 0.1) is 12.2 Å². The second-order valence-electron chi connectivity index (χ2n) is 4.74. The number of fused-ring (bicyclic) bond motifs is 1. The fourth-order valence-electron chi connectivity index (χ4n) is 2.36. The Morgan fingerprint density at radius 1 is 1.32 bits per heavy atom. The van der Waals surface area contributed by atoms with Crippen LogP contribution in [0.25, 0.3) is 11.2 Å². The minimum atomic E-state index is 0.516. The first-order valence-corrected chi connectivity index (χ1v) is 6.12. The molecule has 0 unspecified atom stereocenters. The fourth-order valence-corrected chi connectivity index (χ4v) is 2.36. The third-order valence-electron chi connectivity index (χ3n) is 3.38. The molecule has 98 valence electrons. The van der Waals surface area contributed by atoms with E-state index in [1.54, 1.807) is 6.20 Å². The van der Waals surface area contributed by atoms with Crippen molar-refractivity contribution in [2.45, 2.75) is 20.4 Å². The van der Waals surface area contributed by atoms with Gasteiger partial charge in [-0.15, -0.1) is 0 Å². The highest BCUT2D eigenvalue weighted by Gasteiger charge is 2.16. The molecule has 6 nitrogen and oxygen atoms in total. The molecule has 0 aliphatic heterocycles. The van der Waals surface area contributed by atoms with Gasteiger partial charge >= 0.3 is 0 Å². The van der Waals surface area contributed by atoms with Crippen LogP contribution in [0.1, 0.15) is 16.8 Å². The van der Waals surface area contributed by atoms with Crippen molar-refractivity contribution >= 4 is 17.1 Å². The van der Waals surface area contributed by atoms with Crippen LogP contribution in [-0.2, 0) is 13.6 Å².